The van der Waals surface area contributed by atoms with Crippen LogP contribution in [0.1, 0.15) is 15.9 Å². The molecule has 3 rings (SSSR count). The summed E-state index contributed by atoms with van der Waals surface area (Å²) in [7, 11) is 0. The molecule has 1 aromatic heterocycles. The minimum Gasteiger partial charge on any atom is -0.505 e. The van der Waals surface area contributed by atoms with Crippen molar-refractivity contribution in [2.45, 2.75) is 6.92 Å². The van der Waals surface area contributed by atoms with Gasteiger partial charge in [-0.25, -0.2) is 0 Å². The Kier molecular flexibility index (Phi) is 3.35. The molecule has 1 heterocycles. The van der Waals surface area contributed by atoms with Gasteiger partial charge in [-0.3, -0.25) is 4.79 Å². The number of alkyl halides is 1. The molecule has 0 spiro atoms. The molecule has 0 aliphatic rings. The normalized spacial score (nSPS) is 11.0. The highest BCUT2D eigenvalue weighted by molar-refractivity contribution is 6.30. The van der Waals surface area contributed by atoms with Gasteiger partial charge in [-0.1, -0.05) is 12.1 Å². The number of aryl methyl sites for hydroxylation is 1. The largest absolute Gasteiger partial charge is 0.505 e. The van der Waals surface area contributed by atoms with E-state index < -0.39 is 0 Å². The van der Waals surface area contributed by atoms with Gasteiger partial charge in [-0.05, 0) is 36.8 Å². The Morgan fingerprint density at radius 3 is 2.43 bits per heavy atom. The van der Waals surface area contributed by atoms with Gasteiger partial charge in [0.05, 0.1) is 11.4 Å². The van der Waals surface area contributed by atoms with E-state index in [0.29, 0.717) is 16.7 Å². The summed E-state index contributed by atoms with van der Waals surface area (Å²) in [6, 6.07) is 10.7. The molecule has 0 saturated carbocycles. The third-order valence-electron chi connectivity index (χ3n) is 3.16. The third kappa shape index (κ3) is 2.36. The van der Waals surface area contributed by atoms with Gasteiger partial charge in [-0.2, -0.15) is 0 Å². The summed E-state index contributed by atoms with van der Waals surface area (Å²) >= 11 is 5.57. The number of carbonyl (C=O) groups excluding carboxylic acids is 1. The van der Waals surface area contributed by atoms with Gasteiger partial charge in [0.2, 0.25) is 0 Å². The molecule has 0 aliphatic heterocycles. The maximum atomic E-state index is 11.8. The van der Waals surface area contributed by atoms with Crippen LogP contribution in [0.25, 0.3) is 16.7 Å². The van der Waals surface area contributed by atoms with E-state index in [-0.39, 0.29) is 23.0 Å². The fourth-order valence-electron chi connectivity index (χ4n) is 2.16. The van der Waals surface area contributed by atoms with E-state index in [1.807, 2.05) is 31.2 Å². The van der Waals surface area contributed by atoms with Crippen LogP contribution in [-0.4, -0.2) is 31.8 Å². The standard InChI is InChI=1S/C15H12ClN3O2/c1-9-6-10(14(20)8-16)15(21)13(7-9)19-17-11-4-2-3-5-12(11)18-19/h2-7,21H,8H2,1H3. The van der Waals surface area contributed by atoms with Gasteiger partial charge in [0.15, 0.2) is 11.5 Å². The topological polar surface area (TPSA) is 68.0 Å². The molecule has 0 saturated heterocycles. The highest BCUT2D eigenvalue weighted by Gasteiger charge is 2.17. The van der Waals surface area contributed by atoms with Crippen molar-refractivity contribution >= 4 is 28.4 Å². The van der Waals surface area contributed by atoms with Crippen molar-refractivity contribution in [3.05, 3.63) is 47.5 Å². The van der Waals surface area contributed by atoms with Crippen LogP contribution in [0.5, 0.6) is 5.75 Å². The van der Waals surface area contributed by atoms with Crippen molar-refractivity contribution in [2.24, 2.45) is 0 Å². The summed E-state index contributed by atoms with van der Waals surface area (Å²) in [6.07, 6.45) is 0. The maximum Gasteiger partial charge on any atom is 0.181 e. The second-order valence-corrected chi connectivity index (χ2v) is 4.98. The summed E-state index contributed by atoms with van der Waals surface area (Å²) in [5, 5.41) is 18.9. The first-order valence-corrected chi connectivity index (χ1v) is 6.89. The monoisotopic (exact) mass is 301 g/mol. The molecule has 106 valence electrons. The third-order valence-corrected chi connectivity index (χ3v) is 3.40. The molecule has 6 heteroatoms. The zero-order valence-corrected chi connectivity index (χ0v) is 12.0. The van der Waals surface area contributed by atoms with Crippen LogP contribution in [0.3, 0.4) is 0 Å². The smallest absolute Gasteiger partial charge is 0.181 e. The van der Waals surface area contributed by atoms with E-state index in [1.165, 1.54) is 4.80 Å². The number of phenolic OH excluding ortho intramolecular Hbond substituents is 1. The number of fused-ring (bicyclic) bond motifs is 1. The quantitative estimate of drug-likeness (QED) is 0.596. The number of hydrogen-bond donors (Lipinski definition) is 1. The number of halogens is 1. The predicted octanol–water partition coefficient (Wildman–Crippen LogP) is 2.86. The lowest BCUT2D eigenvalue weighted by Gasteiger charge is -2.09. The lowest BCUT2D eigenvalue weighted by atomic mass is 10.1. The first-order valence-electron chi connectivity index (χ1n) is 6.35. The zero-order valence-electron chi connectivity index (χ0n) is 11.2. The minimum absolute atomic E-state index is 0.161. The second-order valence-electron chi connectivity index (χ2n) is 4.72. The molecule has 0 fully saturated rings. The molecule has 3 aromatic rings. The fraction of sp³-hybridized carbons (Fsp3) is 0.133. The maximum absolute atomic E-state index is 11.8. The van der Waals surface area contributed by atoms with Gasteiger partial charge in [0, 0.05) is 0 Å². The Labute approximate surface area is 125 Å². The molecular formula is C15H12ClN3O2. The molecule has 0 radical (unpaired) electrons. The molecular weight excluding hydrogens is 290 g/mol. The van der Waals surface area contributed by atoms with E-state index in [1.54, 1.807) is 12.1 Å². The van der Waals surface area contributed by atoms with Crippen molar-refractivity contribution in [1.29, 1.82) is 0 Å². The van der Waals surface area contributed by atoms with Crippen molar-refractivity contribution in [3.8, 4) is 11.4 Å². The van der Waals surface area contributed by atoms with E-state index >= 15 is 0 Å². The Morgan fingerprint density at radius 2 is 1.86 bits per heavy atom. The Balaban J connectivity index is 2.22. The predicted molar refractivity (Wildman–Crippen MR) is 80.3 cm³/mol. The molecule has 0 atom stereocenters. The van der Waals surface area contributed by atoms with Crippen LogP contribution in [0.4, 0.5) is 0 Å². The lowest BCUT2D eigenvalue weighted by Crippen LogP contribution is -2.06. The number of benzene rings is 2. The number of ketones is 1. The molecule has 2 aromatic carbocycles. The Morgan fingerprint density at radius 1 is 1.24 bits per heavy atom. The molecule has 0 unspecified atom stereocenters. The Bertz CT molecular complexity index is 809. The summed E-state index contributed by atoms with van der Waals surface area (Å²) in [6.45, 7) is 1.83. The molecule has 5 nitrogen and oxygen atoms in total. The van der Waals surface area contributed by atoms with Crippen LogP contribution >= 0.6 is 11.6 Å². The van der Waals surface area contributed by atoms with Crippen LogP contribution < -0.4 is 0 Å². The number of carbonyl (C=O) groups is 1. The van der Waals surface area contributed by atoms with Gasteiger partial charge in [0.1, 0.15) is 16.7 Å². The zero-order chi connectivity index (χ0) is 15.0. The van der Waals surface area contributed by atoms with E-state index in [4.69, 9.17) is 11.6 Å². The molecule has 1 N–H and O–H groups in total. The van der Waals surface area contributed by atoms with Crippen molar-refractivity contribution in [1.82, 2.24) is 15.0 Å². The van der Waals surface area contributed by atoms with E-state index in [0.717, 1.165) is 5.56 Å². The number of rotatable bonds is 3. The summed E-state index contributed by atoms with van der Waals surface area (Å²) in [4.78, 5) is 13.1. The van der Waals surface area contributed by atoms with Crippen LogP contribution in [-0.2, 0) is 0 Å². The summed E-state index contributed by atoms with van der Waals surface area (Å²) in [5.74, 6) is -0.687. The van der Waals surface area contributed by atoms with Crippen LogP contribution in [0, 0.1) is 6.92 Å². The van der Waals surface area contributed by atoms with Crippen molar-refractivity contribution in [3.63, 3.8) is 0 Å². The SMILES string of the molecule is Cc1cc(C(=O)CCl)c(O)c(-n2nc3ccccc3n2)c1. The molecule has 21 heavy (non-hydrogen) atoms. The lowest BCUT2D eigenvalue weighted by molar-refractivity contribution is 0.101. The average molecular weight is 302 g/mol. The summed E-state index contributed by atoms with van der Waals surface area (Å²) in [5.41, 5.74) is 2.78. The van der Waals surface area contributed by atoms with E-state index in [2.05, 4.69) is 10.2 Å². The van der Waals surface area contributed by atoms with E-state index in [9.17, 15) is 9.90 Å². The number of Topliss-reactive ketones (excluding diaryl/α,β-unsaturated/α-hetero) is 1. The van der Waals surface area contributed by atoms with Gasteiger partial charge < -0.3 is 5.11 Å². The van der Waals surface area contributed by atoms with Gasteiger partial charge in [-0.15, -0.1) is 26.6 Å². The molecule has 0 amide bonds. The first kappa shape index (κ1) is 13.6. The highest BCUT2D eigenvalue weighted by atomic mass is 35.5. The van der Waals surface area contributed by atoms with Crippen LogP contribution in [0.15, 0.2) is 36.4 Å². The fourth-order valence-corrected chi connectivity index (χ4v) is 2.31. The number of aromatic nitrogens is 3. The average Bonchev–Trinajstić information content (AvgIpc) is 2.92. The molecule has 0 aliphatic carbocycles. The Hall–Kier alpha value is -2.40. The van der Waals surface area contributed by atoms with Gasteiger partial charge >= 0.3 is 0 Å². The van der Waals surface area contributed by atoms with Crippen LogP contribution in [0.2, 0.25) is 0 Å². The minimum atomic E-state index is -0.337. The number of phenols is 1. The van der Waals surface area contributed by atoms with Crippen molar-refractivity contribution in [2.75, 3.05) is 5.88 Å². The van der Waals surface area contributed by atoms with Crippen molar-refractivity contribution < 1.29 is 9.90 Å². The second kappa shape index (κ2) is 5.18. The highest BCUT2D eigenvalue weighted by Crippen LogP contribution is 2.28. The summed E-state index contributed by atoms with van der Waals surface area (Å²) < 4.78 is 0. The number of nitrogens with zero attached hydrogens (tertiary/aromatic N) is 3. The number of hydrogen-bond acceptors (Lipinski definition) is 4. The first-order chi connectivity index (χ1) is 10.1. The molecule has 0 bridgehead atoms. The number of aromatic hydroxyl groups is 1. The van der Waals surface area contributed by atoms with Gasteiger partial charge in [0.25, 0.3) is 0 Å².